The topological polar surface area (TPSA) is 48.8 Å². The van der Waals surface area contributed by atoms with E-state index in [1.165, 1.54) is 38.0 Å². The second kappa shape index (κ2) is 11.4. The molecule has 57 heavy (non-hydrogen) atoms. The van der Waals surface area contributed by atoms with Gasteiger partial charge in [0.05, 0.1) is 38.8 Å². The van der Waals surface area contributed by atoms with Gasteiger partial charge in [-0.1, -0.05) is 127 Å². The minimum absolute atomic E-state index is 0.775. The van der Waals surface area contributed by atoms with E-state index >= 15 is 0 Å². The average Bonchev–Trinajstić information content (AvgIpc) is 3.93. The van der Waals surface area contributed by atoms with Crippen LogP contribution in [0.1, 0.15) is 0 Å². The molecule has 0 radical (unpaired) electrons. The largest absolute Gasteiger partial charge is 0.456 e. The van der Waals surface area contributed by atoms with E-state index in [4.69, 9.17) is 14.4 Å². The molecule has 13 rings (SSSR count). The van der Waals surface area contributed by atoms with E-state index in [-0.39, 0.29) is 0 Å². The fraction of sp³-hybridized carbons (Fsp3) is 0. The smallest absolute Gasteiger partial charge is 0.165 e. The molecule has 0 N–H and O–H groups in total. The predicted octanol–water partition coefficient (Wildman–Crippen LogP) is 13.7. The molecule has 4 aromatic heterocycles. The van der Waals surface area contributed by atoms with E-state index in [0.717, 1.165) is 82.9 Å². The van der Waals surface area contributed by atoms with E-state index in [9.17, 15) is 0 Å². The summed E-state index contributed by atoms with van der Waals surface area (Å²) in [7, 11) is 0. The van der Waals surface area contributed by atoms with Crippen molar-refractivity contribution >= 4 is 98.1 Å². The van der Waals surface area contributed by atoms with Gasteiger partial charge in [-0.15, -0.1) is 0 Å². The molecule has 0 saturated heterocycles. The molecule has 0 bridgehead atoms. The van der Waals surface area contributed by atoms with Gasteiger partial charge in [0, 0.05) is 48.7 Å². The number of fused-ring (bicyclic) bond motifs is 13. The molecule has 0 amide bonds. The van der Waals surface area contributed by atoms with Gasteiger partial charge in [-0.3, -0.25) is 4.57 Å². The Morgan fingerprint density at radius 1 is 0.386 bits per heavy atom. The first-order chi connectivity index (χ1) is 28.3. The number of benzene rings is 9. The Bertz CT molecular complexity index is 3830. The quantitative estimate of drug-likeness (QED) is 0.182. The van der Waals surface area contributed by atoms with Gasteiger partial charge in [0.25, 0.3) is 0 Å². The van der Waals surface area contributed by atoms with Gasteiger partial charge in [-0.2, -0.15) is 0 Å². The van der Waals surface area contributed by atoms with Crippen molar-refractivity contribution in [2.45, 2.75) is 0 Å². The zero-order valence-corrected chi connectivity index (χ0v) is 30.5. The molecule has 0 aliphatic rings. The van der Waals surface area contributed by atoms with Crippen LogP contribution >= 0.6 is 0 Å². The highest BCUT2D eigenvalue weighted by atomic mass is 16.3. The molecule has 0 atom stereocenters. The van der Waals surface area contributed by atoms with E-state index in [1.54, 1.807) is 0 Å². The zero-order valence-electron chi connectivity index (χ0n) is 30.5. The summed E-state index contributed by atoms with van der Waals surface area (Å²) in [6.07, 6.45) is 0. The van der Waals surface area contributed by atoms with Crippen molar-refractivity contribution < 1.29 is 4.42 Å². The van der Waals surface area contributed by atoms with E-state index in [0.29, 0.717) is 0 Å². The summed E-state index contributed by atoms with van der Waals surface area (Å²) >= 11 is 0. The van der Waals surface area contributed by atoms with Crippen molar-refractivity contribution in [2.75, 3.05) is 0 Å². The molecule has 4 heterocycles. The Morgan fingerprint density at radius 3 is 1.89 bits per heavy atom. The van der Waals surface area contributed by atoms with Crippen molar-refractivity contribution in [3.8, 4) is 22.8 Å². The third kappa shape index (κ3) is 4.23. The molecule has 0 aliphatic heterocycles. The first-order valence-corrected chi connectivity index (χ1v) is 19.3. The van der Waals surface area contributed by atoms with Crippen molar-refractivity contribution in [3.63, 3.8) is 0 Å². The minimum atomic E-state index is 0.775. The first kappa shape index (κ1) is 30.6. The average molecular weight is 727 g/mol. The van der Waals surface area contributed by atoms with Crippen molar-refractivity contribution in [1.29, 1.82) is 0 Å². The SMILES string of the molecule is c1cc(-n2c3ccccc3c3ccc4ccccc4c32)c2cc3c(cc2c1)c1ccccc1n3-c1nc2ccccc2nc1-c1cccc2oc3ccccc3c12. The molecular formula is C52H30N4O. The highest BCUT2D eigenvalue weighted by Gasteiger charge is 2.24. The number of hydrogen-bond acceptors (Lipinski definition) is 3. The number of furan rings is 1. The fourth-order valence-electron chi connectivity index (χ4n) is 9.43. The maximum atomic E-state index is 6.40. The Labute approximate surface area is 325 Å². The van der Waals surface area contributed by atoms with Crippen LogP contribution in [0.2, 0.25) is 0 Å². The van der Waals surface area contributed by atoms with Crippen LogP contribution in [-0.4, -0.2) is 19.1 Å². The minimum Gasteiger partial charge on any atom is -0.456 e. The molecule has 9 aromatic carbocycles. The van der Waals surface area contributed by atoms with Crippen molar-refractivity contribution in [3.05, 3.63) is 182 Å². The van der Waals surface area contributed by atoms with E-state index in [2.05, 4.69) is 155 Å². The molecule has 5 nitrogen and oxygen atoms in total. The third-order valence-electron chi connectivity index (χ3n) is 11.9. The summed E-state index contributed by atoms with van der Waals surface area (Å²) in [6, 6.07) is 64.8. The molecule has 264 valence electrons. The van der Waals surface area contributed by atoms with E-state index in [1.807, 2.05) is 36.4 Å². The Balaban J connectivity index is 1.18. The predicted molar refractivity (Wildman–Crippen MR) is 236 cm³/mol. The highest BCUT2D eigenvalue weighted by Crippen LogP contribution is 2.43. The van der Waals surface area contributed by atoms with Gasteiger partial charge in [0.1, 0.15) is 16.9 Å². The monoisotopic (exact) mass is 726 g/mol. The van der Waals surface area contributed by atoms with Gasteiger partial charge in [0.15, 0.2) is 5.82 Å². The van der Waals surface area contributed by atoms with Gasteiger partial charge in [-0.05, 0) is 65.4 Å². The Kier molecular flexibility index (Phi) is 6.10. The van der Waals surface area contributed by atoms with Gasteiger partial charge < -0.3 is 8.98 Å². The van der Waals surface area contributed by atoms with Crippen molar-refractivity contribution in [2.24, 2.45) is 0 Å². The summed E-state index contributed by atoms with van der Waals surface area (Å²) in [6.45, 7) is 0. The maximum absolute atomic E-state index is 6.40. The molecule has 0 unspecified atom stereocenters. The number of rotatable bonds is 3. The van der Waals surface area contributed by atoms with Crippen LogP contribution in [0.25, 0.3) is 121 Å². The van der Waals surface area contributed by atoms with Crippen LogP contribution in [-0.2, 0) is 0 Å². The molecule has 0 fully saturated rings. The lowest BCUT2D eigenvalue weighted by Gasteiger charge is -2.16. The van der Waals surface area contributed by atoms with Crippen LogP contribution in [0.15, 0.2) is 186 Å². The second-order valence-electron chi connectivity index (χ2n) is 14.9. The van der Waals surface area contributed by atoms with Crippen LogP contribution in [0.3, 0.4) is 0 Å². The summed E-state index contributed by atoms with van der Waals surface area (Å²) in [5.74, 6) is 0.775. The number of nitrogens with zero attached hydrogens (tertiary/aromatic N) is 4. The first-order valence-electron chi connectivity index (χ1n) is 19.3. The molecule has 0 saturated carbocycles. The Hall–Kier alpha value is -7.76. The molecular weight excluding hydrogens is 697 g/mol. The van der Waals surface area contributed by atoms with Crippen molar-refractivity contribution in [1.82, 2.24) is 19.1 Å². The van der Waals surface area contributed by atoms with Crippen LogP contribution in [0.5, 0.6) is 0 Å². The summed E-state index contributed by atoms with van der Waals surface area (Å²) in [4.78, 5) is 10.9. The lowest BCUT2D eigenvalue weighted by molar-refractivity contribution is 0.669. The third-order valence-corrected chi connectivity index (χ3v) is 11.9. The van der Waals surface area contributed by atoms with Gasteiger partial charge >= 0.3 is 0 Å². The summed E-state index contributed by atoms with van der Waals surface area (Å²) in [5, 5.41) is 11.7. The van der Waals surface area contributed by atoms with Crippen LogP contribution in [0, 0.1) is 0 Å². The molecule has 5 heteroatoms. The van der Waals surface area contributed by atoms with Crippen LogP contribution in [0.4, 0.5) is 0 Å². The van der Waals surface area contributed by atoms with Crippen LogP contribution < -0.4 is 0 Å². The lowest BCUT2D eigenvalue weighted by atomic mass is 10.0. The standard InChI is InChI=1S/C52H30N4O/c1-2-15-33-31(13-1)27-28-36-34-16-3-8-22-43(34)55(51(33)36)45-24-11-14-32-29-40-35-17-4-9-23-44(35)56(46(40)30-39(32)45)52-50(53-41-20-6-7-21-42(41)54-52)38-19-12-26-48-49(38)37-18-5-10-25-47(37)57-48/h1-30H. The number of hydrogen-bond donors (Lipinski definition) is 0. The lowest BCUT2D eigenvalue weighted by Crippen LogP contribution is -2.04. The Morgan fingerprint density at radius 2 is 1.04 bits per heavy atom. The number of aromatic nitrogens is 4. The maximum Gasteiger partial charge on any atom is 0.165 e. The normalized spacial score (nSPS) is 12.2. The summed E-state index contributed by atoms with van der Waals surface area (Å²) in [5.41, 5.74) is 10.8. The molecule has 13 aromatic rings. The fourth-order valence-corrected chi connectivity index (χ4v) is 9.43. The number of para-hydroxylation sites is 5. The second-order valence-corrected chi connectivity index (χ2v) is 14.9. The molecule has 0 spiro atoms. The van der Waals surface area contributed by atoms with Gasteiger partial charge in [-0.25, -0.2) is 9.97 Å². The van der Waals surface area contributed by atoms with Gasteiger partial charge in [0.2, 0.25) is 0 Å². The zero-order chi connectivity index (χ0) is 37.2. The molecule has 0 aliphatic carbocycles. The summed E-state index contributed by atoms with van der Waals surface area (Å²) < 4.78 is 11.2. The van der Waals surface area contributed by atoms with E-state index < -0.39 is 0 Å². The highest BCUT2D eigenvalue weighted by molar-refractivity contribution is 6.21.